The summed E-state index contributed by atoms with van der Waals surface area (Å²) in [4.78, 5) is 13.7. The third-order valence-corrected chi connectivity index (χ3v) is 2.77. The summed E-state index contributed by atoms with van der Waals surface area (Å²) in [7, 11) is 3.46. The Morgan fingerprint density at radius 1 is 1.26 bits per heavy atom. The third kappa shape index (κ3) is 5.75. The quantitative estimate of drug-likeness (QED) is 0.885. The van der Waals surface area contributed by atoms with Crippen LogP contribution in [0.25, 0.3) is 0 Å². The molecule has 106 valence electrons. The van der Waals surface area contributed by atoms with Crippen molar-refractivity contribution in [1.29, 1.82) is 0 Å². The van der Waals surface area contributed by atoms with Gasteiger partial charge in [0, 0.05) is 19.1 Å². The van der Waals surface area contributed by atoms with Crippen LogP contribution >= 0.6 is 0 Å². The Bertz CT molecular complexity index is 407. The lowest BCUT2D eigenvalue weighted by molar-refractivity contribution is -0.129. The van der Waals surface area contributed by atoms with E-state index in [-0.39, 0.29) is 11.4 Å². The highest BCUT2D eigenvalue weighted by Gasteiger charge is 2.14. The first-order valence-electron chi connectivity index (χ1n) is 6.44. The van der Waals surface area contributed by atoms with Crippen LogP contribution < -0.4 is 10.1 Å². The van der Waals surface area contributed by atoms with Gasteiger partial charge < -0.3 is 15.0 Å². The van der Waals surface area contributed by atoms with Crippen LogP contribution in [0.4, 0.5) is 0 Å². The summed E-state index contributed by atoms with van der Waals surface area (Å²) >= 11 is 0. The molecule has 0 bridgehead atoms. The van der Waals surface area contributed by atoms with E-state index in [1.54, 1.807) is 12.0 Å². The van der Waals surface area contributed by atoms with Crippen LogP contribution in [0.3, 0.4) is 0 Å². The normalized spacial score (nSPS) is 11.2. The monoisotopic (exact) mass is 264 g/mol. The fourth-order valence-corrected chi connectivity index (χ4v) is 1.57. The number of amides is 1. The second kappa shape index (κ2) is 6.57. The Morgan fingerprint density at radius 2 is 1.84 bits per heavy atom. The molecule has 4 nitrogen and oxygen atoms in total. The Hall–Kier alpha value is -1.55. The first-order valence-corrected chi connectivity index (χ1v) is 6.44. The molecule has 0 fully saturated rings. The van der Waals surface area contributed by atoms with Crippen molar-refractivity contribution < 1.29 is 9.53 Å². The van der Waals surface area contributed by atoms with Gasteiger partial charge in [-0.15, -0.1) is 0 Å². The van der Waals surface area contributed by atoms with Gasteiger partial charge in [-0.2, -0.15) is 0 Å². The zero-order chi connectivity index (χ0) is 14.5. The predicted molar refractivity (Wildman–Crippen MR) is 77.2 cm³/mol. The molecule has 0 unspecified atom stereocenters. The summed E-state index contributed by atoms with van der Waals surface area (Å²) in [5, 5.41) is 3.20. The molecule has 1 N–H and O–H groups in total. The molecule has 0 aliphatic heterocycles. The average molecular weight is 264 g/mol. The number of nitrogens with zero attached hydrogens (tertiary/aromatic N) is 1. The minimum absolute atomic E-state index is 0.0450. The number of rotatable bonds is 5. The van der Waals surface area contributed by atoms with Crippen LogP contribution in [0.5, 0.6) is 5.75 Å². The van der Waals surface area contributed by atoms with E-state index in [0.29, 0.717) is 13.1 Å². The van der Waals surface area contributed by atoms with Crippen LogP contribution in [0.2, 0.25) is 0 Å². The molecule has 0 radical (unpaired) electrons. The standard InChI is InChI=1S/C15H24N2O2/c1-15(2,3)16-10-14(18)17(4)11-12-6-8-13(19-5)9-7-12/h6-9,16H,10-11H2,1-5H3. The highest BCUT2D eigenvalue weighted by molar-refractivity contribution is 5.78. The van der Waals surface area contributed by atoms with E-state index in [0.717, 1.165) is 11.3 Å². The molecule has 1 aromatic carbocycles. The van der Waals surface area contributed by atoms with E-state index in [2.05, 4.69) is 5.32 Å². The van der Waals surface area contributed by atoms with Crippen LogP contribution in [0.1, 0.15) is 26.3 Å². The first kappa shape index (κ1) is 15.5. The van der Waals surface area contributed by atoms with Crippen LogP contribution in [-0.4, -0.2) is 37.0 Å². The van der Waals surface area contributed by atoms with Crippen LogP contribution in [0, 0.1) is 0 Å². The molecular formula is C15H24N2O2. The second-order valence-electron chi connectivity index (χ2n) is 5.70. The zero-order valence-corrected chi connectivity index (χ0v) is 12.5. The van der Waals surface area contributed by atoms with Gasteiger partial charge >= 0.3 is 0 Å². The van der Waals surface area contributed by atoms with E-state index in [4.69, 9.17) is 4.74 Å². The highest BCUT2D eigenvalue weighted by Crippen LogP contribution is 2.12. The zero-order valence-electron chi connectivity index (χ0n) is 12.5. The van der Waals surface area contributed by atoms with Gasteiger partial charge in [0.15, 0.2) is 0 Å². The number of ether oxygens (including phenoxy) is 1. The molecule has 4 heteroatoms. The van der Waals surface area contributed by atoms with Crippen molar-refractivity contribution in [1.82, 2.24) is 10.2 Å². The molecule has 0 atom stereocenters. The minimum atomic E-state index is -0.0450. The SMILES string of the molecule is COc1ccc(CN(C)C(=O)CNC(C)(C)C)cc1. The van der Waals surface area contributed by atoms with Crippen molar-refractivity contribution in [3.63, 3.8) is 0 Å². The molecule has 0 spiro atoms. The van der Waals surface area contributed by atoms with E-state index >= 15 is 0 Å². The summed E-state index contributed by atoms with van der Waals surface area (Å²) < 4.78 is 5.11. The van der Waals surface area contributed by atoms with Crippen molar-refractivity contribution in [2.24, 2.45) is 0 Å². The van der Waals surface area contributed by atoms with Crippen LogP contribution in [0.15, 0.2) is 24.3 Å². The molecule has 1 amide bonds. The van der Waals surface area contributed by atoms with E-state index in [1.807, 2.05) is 52.1 Å². The topological polar surface area (TPSA) is 41.6 Å². The number of carbonyl (C=O) groups excluding carboxylic acids is 1. The van der Waals surface area contributed by atoms with Crippen molar-refractivity contribution >= 4 is 5.91 Å². The maximum absolute atomic E-state index is 12.0. The van der Waals surface area contributed by atoms with Gasteiger partial charge in [0.25, 0.3) is 0 Å². The number of hydrogen-bond donors (Lipinski definition) is 1. The van der Waals surface area contributed by atoms with Crippen molar-refractivity contribution in [3.05, 3.63) is 29.8 Å². The second-order valence-corrected chi connectivity index (χ2v) is 5.70. The average Bonchev–Trinajstić information content (AvgIpc) is 2.36. The fraction of sp³-hybridized carbons (Fsp3) is 0.533. The number of likely N-dealkylation sites (N-methyl/N-ethyl adjacent to an activating group) is 1. The van der Waals surface area contributed by atoms with Crippen molar-refractivity contribution in [2.45, 2.75) is 32.9 Å². The van der Waals surface area contributed by atoms with E-state index in [1.165, 1.54) is 0 Å². The summed E-state index contributed by atoms with van der Waals surface area (Å²) in [6.07, 6.45) is 0. The van der Waals surface area contributed by atoms with Crippen LogP contribution in [-0.2, 0) is 11.3 Å². The molecule has 1 rings (SSSR count). The lowest BCUT2D eigenvalue weighted by Crippen LogP contribution is -2.43. The maximum atomic E-state index is 12.0. The number of nitrogens with one attached hydrogen (secondary N) is 1. The van der Waals surface area contributed by atoms with Gasteiger partial charge in [0.1, 0.15) is 5.75 Å². The molecule has 0 aliphatic carbocycles. The maximum Gasteiger partial charge on any atom is 0.236 e. The predicted octanol–water partition coefficient (Wildman–Crippen LogP) is 2.04. The molecule has 1 aromatic rings. The highest BCUT2D eigenvalue weighted by atomic mass is 16.5. The van der Waals surface area contributed by atoms with Gasteiger partial charge in [0.05, 0.1) is 13.7 Å². The van der Waals surface area contributed by atoms with Gasteiger partial charge in [-0.25, -0.2) is 0 Å². The van der Waals surface area contributed by atoms with Gasteiger partial charge in [-0.05, 0) is 38.5 Å². The molecule has 0 aliphatic rings. The molecule has 19 heavy (non-hydrogen) atoms. The van der Waals surface area contributed by atoms with E-state index in [9.17, 15) is 4.79 Å². The summed E-state index contributed by atoms with van der Waals surface area (Å²) in [6.45, 7) is 7.10. The number of benzene rings is 1. The lowest BCUT2D eigenvalue weighted by Gasteiger charge is -2.23. The Kier molecular flexibility index (Phi) is 5.36. The number of hydrogen-bond acceptors (Lipinski definition) is 3. The first-order chi connectivity index (χ1) is 8.81. The van der Waals surface area contributed by atoms with Gasteiger partial charge in [0.2, 0.25) is 5.91 Å². The minimum Gasteiger partial charge on any atom is -0.497 e. The number of carbonyl (C=O) groups is 1. The van der Waals surface area contributed by atoms with E-state index < -0.39 is 0 Å². The molecule has 0 saturated heterocycles. The Labute approximate surface area is 115 Å². The third-order valence-electron chi connectivity index (χ3n) is 2.77. The summed E-state index contributed by atoms with van der Waals surface area (Å²) in [5.41, 5.74) is 1.05. The summed E-state index contributed by atoms with van der Waals surface area (Å²) in [6, 6.07) is 7.75. The summed E-state index contributed by atoms with van der Waals surface area (Å²) in [5.74, 6) is 0.915. The van der Waals surface area contributed by atoms with Gasteiger partial charge in [-0.3, -0.25) is 4.79 Å². The van der Waals surface area contributed by atoms with Crippen molar-refractivity contribution in [2.75, 3.05) is 20.7 Å². The fourth-order valence-electron chi connectivity index (χ4n) is 1.57. The lowest BCUT2D eigenvalue weighted by atomic mass is 10.1. The molecular weight excluding hydrogens is 240 g/mol. The Balaban J connectivity index is 2.49. The molecule has 0 heterocycles. The van der Waals surface area contributed by atoms with Crippen molar-refractivity contribution in [3.8, 4) is 5.75 Å². The number of methoxy groups -OCH3 is 1. The largest absolute Gasteiger partial charge is 0.497 e. The smallest absolute Gasteiger partial charge is 0.236 e. The van der Waals surface area contributed by atoms with Gasteiger partial charge in [-0.1, -0.05) is 12.1 Å². The Morgan fingerprint density at radius 3 is 2.32 bits per heavy atom. The molecule has 0 aromatic heterocycles. The molecule has 0 saturated carbocycles.